The Morgan fingerprint density at radius 1 is 0.971 bits per heavy atom. The highest BCUT2D eigenvalue weighted by molar-refractivity contribution is 6.05. The lowest BCUT2D eigenvalue weighted by molar-refractivity contribution is 0.102. The van der Waals surface area contributed by atoms with Crippen molar-refractivity contribution in [1.29, 1.82) is 0 Å². The topological polar surface area (TPSA) is 66.9 Å². The Labute approximate surface area is 201 Å². The van der Waals surface area contributed by atoms with E-state index in [1.54, 1.807) is 30.6 Å². The fourth-order valence-electron chi connectivity index (χ4n) is 3.92. The number of nitrogens with zero attached hydrogens (tertiary/aromatic N) is 3. The lowest BCUT2D eigenvalue weighted by atomic mass is 10.1. The van der Waals surface area contributed by atoms with E-state index in [4.69, 9.17) is 9.47 Å². The number of amides is 1. The maximum atomic E-state index is 13.0. The molecular weight excluding hydrogens is 428 g/mol. The van der Waals surface area contributed by atoms with Crippen LogP contribution in [0, 0.1) is 6.92 Å². The maximum absolute atomic E-state index is 13.0. The second kappa shape index (κ2) is 11.0. The fourth-order valence-corrected chi connectivity index (χ4v) is 3.92. The summed E-state index contributed by atoms with van der Waals surface area (Å²) in [4.78, 5) is 21.8. The van der Waals surface area contributed by atoms with Crippen LogP contribution < -0.4 is 19.7 Å². The average molecular weight is 461 g/mol. The van der Waals surface area contributed by atoms with Gasteiger partial charge in [-0.1, -0.05) is 0 Å². The number of aromatic nitrogens is 1. The van der Waals surface area contributed by atoms with E-state index < -0.39 is 0 Å². The first-order valence-corrected chi connectivity index (χ1v) is 11.7. The molecule has 0 radical (unpaired) electrons. The van der Waals surface area contributed by atoms with Crippen molar-refractivity contribution >= 4 is 17.3 Å². The van der Waals surface area contributed by atoms with Crippen LogP contribution in [-0.4, -0.2) is 55.6 Å². The number of carbonyl (C=O) groups excluding carboxylic acids is 1. The zero-order chi connectivity index (χ0) is 23.9. The number of benzene rings is 2. The number of hydrogen-bond donors (Lipinski definition) is 1. The molecule has 0 unspecified atom stereocenters. The zero-order valence-corrected chi connectivity index (χ0v) is 20.1. The van der Waals surface area contributed by atoms with Gasteiger partial charge in [0.05, 0.1) is 6.61 Å². The average Bonchev–Trinajstić information content (AvgIpc) is 2.85. The van der Waals surface area contributed by atoms with Gasteiger partial charge in [-0.3, -0.25) is 9.78 Å². The van der Waals surface area contributed by atoms with Crippen LogP contribution in [0.15, 0.2) is 60.9 Å². The molecule has 2 heterocycles. The predicted octanol–water partition coefficient (Wildman–Crippen LogP) is 4.37. The van der Waals surface area contributed by atoms with Gasteiger partial charge in [-0.2, -0.15) is 0 Å². The van der Waals surface area contributed by atoms with Crippen LogP contribution >= 0.6 is 0 Å². The van der Waals surface area contributed by atoms with Gasteiger partial charge in [-0.15, -0.1) is 0 Å². The third kappa shape index (κ3) is 5.85. The van der Waals surface area contributed by atoms with Gasteiger partial charge in [-0.25, -0.2) is 0 Å². The number of aryl methyl sites for hydroxylation is 1. The minimum Gasteiger partial charge on any atom is -0.490 e. The first kappa shape index (κ1) is 23.6. The molecule has 1 aliphatic heterocycles. The largest absolute Gasteiger partial charge is 0.490 e. The Kier molecular flexibility index (Phi) is 7.65. The van der Waals surface area contributed by atoms with Crippen molar-refractivity contribution in [1.82, 2.24) is 9.88 Å². The molecule has 0 atom stereocenters. The molecule has 1 aromatic heterocycles. The normalized spacial score (nSPS) is 14.0. The molecule has 34 heavy (non-hydrogen) atoms. The van der Waals surface area contributed by atoms with Crippen LogP contribution in [0.4, 0.5) is 11.4 Å². The Hall–Kier alpha value is -3.58. The molecule has 0 saturated carbocycles. The van der Waals surface area contributed by atoms with Crippen molar-refractivity contribution in [3.63, 3.8) is 0 Å². The highest BCUT2D eigenvalue weighted by atomic mass is 16.5. The number of nitrogens with one attached hydrogen (secondary N) is 1. The van der Waals surface area contributed by atoms with Crippen LogP contribution in [0.3, 0.4) is 0 Å². The Morgan fingerprint density at radius 2 is 1.74 bits per heavy atom. The lowest BCUT2D eigenvalue weighted by Gasteiger charge is -2.34. The van der Waals surface area contributed by atoms with E-state index in [0.717, 1.165) is 43.0 Å². The van der Waals surface area contributed by atoms with E-state index in [-0.39, 0.29) is 5.91 Å². The van der Waals surface area contributed by atoms with E-state index in [1.165, 1.54) is 5.69 Å². The van der Waals surface area contributed by atoms with Crippen LogP contribution in [0.1, 0.15) is 28.4 Å². The van der Waals surface area contributed by atoms with E-state index in [1.807, 2.05) is 32.0 Å². The zero-order valence-electron chi connectivity index (χ0n) is 20.1. The van der Waals surface area contributed by atoms with Gasteiger partial charge in [0, 0.05) is 55.5 Å². The molecule has 1 saturated heterocycles. The molecule has 2 aromatic carbocycles. The van der Waals surface area contributed by atoms with Gasteiger partial charge in [0.25, 0.3) is 5.91 Å². The monoisotopic (exact) mass is 460 g/mol. The standard InChI is InChI=1S/C27H32N4O3/c1-4-33-26-18-22(5-8-25(26)34-19-21-9-11-28-12-10-21)27(32)29-24-7-6-23(17-20(24)2)31-15-13-30(3)14-16-31/h5-12,17-18H,4,13-16,19H2,1-3H3,(H,29,32). The number of rotatable bonds is 8. The second-order valence-electron chi connectivity index (χ2n) is 8.48. The summed E-state index contributed by atoms with van der Waals surface area (Å²) in [6, 6.07) is 15.3. The third-order valence-electron chi connectivity index (χ3n) is 5.98. The third-order valence-corrected chi connectivity index (χ3v) is 5.98. The fraction of sp³-hybridized carbons (Fsp3) is 0.333. The van der Waals surface area contributed by atoms with E-state index in [0.29, 0.717) is 30.3 Å². The minimum absolute atomic E-state index is 0.183. The molecule has 1 fully saturated rings. The van der Waals surface area contributed by atoms with Crippen molar-refractivity contribution in [2.24, 2.45) is 0 Å². The van der Waals surface area contributed by atoms with Gasteiger partial charge in [-0.05, 0) is 80.6 Å². The first-order chi connectivity index (χ1) is 16.5. The van der Waals surface area contributed by atoms with Crippen molar-refractivity contribution in [3.05, 3.63) is 77.6 Å². The van der Waals surface area contributed by atoms with Crippen molar-refractivity contribution in [3.8, 4) is 11.5 Å². The van der Waals surface area contributed by atoms with Crippen molar-refractivity contribution in [2.75, 3.05) is 50.1 Å². The summed E-state index contributed by atoms with van der Waals surface area (Å²) in [6.07, 6.45) is 3.46. The number of piperazine rings is 1. The Balaban J connectivity index is 1.44. The summed E-state index contributed by atoms with van der Waals surface area (Å²) in [7, 11) is 2.15. The molecule has 3 aromatic rings. The van der Waals surface area contributed by atoms with Gasteiger partial charge in [0.2, 0.25) is 0 Å². The van der Waals surface area contributed by atoms with Crippen LogP contribution in [0.25, 0.3) is 0 Å². The molecule has 1 N–H and O–H groups in total. The molecular formula is C27H32N4O3. The minimum atomic E-state index is -0.183. The van der Waals surface area contributed by atoms with Gasteiger partial charge >= 0.3 is 0 Å². The number of anilines is 2. The smallest absolute Gasteiger partial charge is 0.255 e. The van der Waals surface area contributed by atoms with Crippen LogP contribution in [0.5, 0.6) is 11.5 Å². The molecule has 0 spiro atoms. The first-order valence-electron chi connectivity index (χ1n) is 11.7. The van der Waals surface area contributed by atoms with Crippen LogP contribution in [-0.2, 0) is 6.61 Å². The SMILES string of the molecule is CCOc1cc(C(=O)Nc2ccc(N3CCN(C)CC3)cc2C)ccc1OCc1ccncc1. The van der Waals surface area contributed by atoms with E-state index in [2.05, 4.69) is 39.3 Å². The van der Waals surface area contributed by atoms with Crippen molar-refractivity contribution in [2.45, 2.75) is 20.5 Å². The van der Waals surface area contributed by atoms with Gasteiger partial charge < -0.3 is 24.6 Å². The quantitative estimate of drug-likeness (QED) is 0.538. The molecule has 7 nitrogen and oxygen atoms in total. The van der Waals surface area contributed by atoms with E-state index in [9.17, 15) is 4.79 Å². The lowest BCUT2D eigenvalue weighted by Crippen LogP contribution is -2.44. The number of hydrogen-bond acceptors (Lipinski definition) is 6. The summed E-state index contributed by atoms with van der Waals surface area (Å²) < 4.78 is 11.7. The van der Waals surface area contributed by atoms with Gasteiger partial charge in [0.15, 0.2) is 11.5 Å². The van der Waals surface area contributed by atoms with Gasteiger partial charge in [0.1, 0.15) is 6.61 Å². The van der Waals surface area contributed by atoms with Crippen molar-refractivity contribution < 1.29 is 14.3 Å². The second-order valence-corrected chi connectivity index (χ2v) is 8.48. The molecule has 7 heteroatoms. The number of ether oxygens (including phenoxy) is 2. The number of likely N-dealkylation sites (N-methyl/N-ethyl adjacent to an activating group) is 1. The molecule has 1 aliphatic rings. The summed E-state index contributed by atoms with van der Waals surface area (Å²) in [5.41, 5.74) is 4.56. The molecule has 1 amide bonds. The van der Waals surface area contributed by atoms with E-state index >= 15 is 0 Å². The highest BCUT2D eigenvalue weighted by Gasteiger charge is 2.16. The summed E-state index contributed by atoms with van der Waals surface area (Å²) >= 11 is 0. The summed E-state index contributed by atoms with van der Waals surface area (Å²) in [5, 5.41) is 3.04. The van der Waals surface area contributed by atoms with Crippen LogP contribution in [0.2, 0.25) is 0 Å². The molecule has 0 bridgehead atoms. The summed E-state index contributed by atoms with van der Waals surface area (Å²) in [5.74, 6) is 0.964. The maximum Gasteiger partial charge on any atom is 0.255 e. The number of pyridine rings is 1. The predicted molar refractivity (Wildman–Crippen MR) is 135 cm³/mol. The Morgan fingerprint density at radius 3 is 2.44 bits per heavy atom. The highest BCUT2D eigenvalue weighted by Crippen LogP contribution is 2.30. The number of carbonyl (C=O) groups is 1. The molecule has 0 aliphatic carbocycles. The summed E-state index contributed by atoms with van der Waals surface area (Å²) in [6.45, 7) is 8.94. The molecule has 178 valence electrons. The molecule has 4 rings (SSSR count). The Bertz CT molecular complexity index is 1110.